The summed E-state index contributed by atoms with van der Waals surface area (Å²) in [4.78, 5) is 37.1. The Morgan fingerprint density at radius 3 is 2.39 bits per heavy atom. The van der Waals surface area contributed by atoms with Crippen LogP contribution in [0.1, 0.15) is 17.3 Å². The van der Waals surface area contributed by atoms with Crippen LogP contribution in [-0.4, -0.2) is 66.0 Å². The lowest BCUT2D eigenvalue weighted by Gasteiger charge is -2.37. The zero-order chi connectivity index (χ0) is 23.0. The fraction of sp³-hybridized carbons (Fsp3) is 0.280. The number of hydrogen-bond acceptors (Lipinski definition) is 6. The molecule has 1 aliphatic heterocycles. The molecule has 1 fully saturated rings. The van der Waals surface area contributed by atoms with Crippen LogP contribution in [0.15, 0.2) is 66.9 Å². The second-order valence-corrected chi connectivity index (χ2v) is 7.84. The zero-order valence-corrected chi connectivity index (χ0v) is 18.7. The maximum absolute atomic E-state index is 12.8. The first-order valence-electron chi connectivity index (χ1n) is 11.1. The Morgan fingerprint density at radius 1 is 0.909 bits per heavy atom. The van der Waals surface area contributed by atoms with E-state index in [0.717, 1.165) is 29.9 Å². The van der Waals surface area contributed by atoms with Gasteiger partial charge in [0.25, 0.3) is 5.91 Å². The minimum absolute atomic E-state index is 0.0559. The Kier molecular flexibility index (Phi) is 7.14. The predicted octanol–water partition coefficient (Wildman–Crippen LogP) is 2.65. The average Bonchev–Trinajstić information content (AvgIpc) is 2.87. The van der Waals surface area contributed by atoms with Gasteiger partial charge in [-0.25, -0.2) is 9.97 Å². The molecule has 0 aliphatic carbocycles. The third kappa shape index (κ3) is 5.65. The highest BCUT2D eigenvalue weighted by Crippen LogP contribution is 2.29. The number of benzene rings is 2. The number of aromatic nitrogens is 2. The third-order valence-electron chi connectivity index (χ3n) is 5.53. The summed E-state index contributed by atoms with van der Waals surface area (Å²) in [6, 6.07) is 19.3. The summed E-state index contributed by atoms with van der Waals surface area (Å²) < 4.78 is 0. The molecular weight excluding hydrogens is 416 g/mol. The van der Waals surface area contributed by atoms with Gasteiger partial charge in [-0.3, -0.25) is 9.59 Å². The molecule has 8 nitrogen and oxygen atoms in total. The van der Waals surface area contributed by atoms with Gasteiger partial charge in [-0.1, -0.05) is 30.3 Å². The summed E-state index contributed by atoms with van der Waals surface area (Å²) in [5.74, 6) is 1.36. The Bertz CT molecular complexity index is 1100. The van der Waals surface area contributed by atoms with Crippen LogP contribution in [-0.2, 0) is 4.79 Å². The van der Waals surface area contributed by atoms with E-state index in [2.05, 4.69) is 31.6 Å². The summed E-state index contributed by atoms with van der Waals surface area (Å²) in [5, 5.41) is 5.98. The monoisotopic (exact) mass is 444 g/mol. The molecule has 170 valence electrons. The molecule has 1 aliphatic rings. The number of carbonyl (C=O) groups is 2. The van der Waals surface area contributed by atoms with Gasteiger partial charge in [0, 0.05) is 69.2 Å². The number of rotatable bonds is 7. The van der Waals surface area contributed by atoms with Crippen molar-refractivity contribution >= 4 is 23.3 Å². The molecular formula is C25H28N6O2. The largest absolute Gasteiger partial charge is 0.368 e. The number of anilines is 2. The molecule has 3 aromatic rings. The van der Waals surface area contributed by atoms with Gasteiger partial charge in [-0.15, -0.1) is 0 Å². The van der Waals surface area contributed by atoms with Crippen LogP contribution in [0.2, 0.25) is 0 Å². The van der Waals surface area contributed by atoms with E-state index in [-0.39, 0.29) is 11.8 Å². The predicted molar refractivity (Wildman–Crippen MR) is 129 cm³/mol. The smallest absolute Gasteiger partial charge is 0.253 e. The Labute approximate surface area is 193 Å². The number of hydrogen-bond donors (Lipinski definition) is 2. The first-order chi connectivity index (χ1) is 16.1. The molecule has 1 saturated heterocycles. The molecule has 2 N–H and O–H groups in total. The van der Waals surface area contributed by atoms with Crippen LogP contribution in [0.3, 0.4) is 0 Å². The van der Waals surface area contributed by atoms with E-state index in [1.807, 2.05) is 59.5 Å². The van der Waals surface area contributed by atoms with Crippen LogP contribution >= 0.6 is 0 Å². The molecule has 33 heavy (non-hydrogen) atoms. The van der Waals surface area contributed by atoms with E-state index < -0.39 is 0 Å². The average molecular weight is 445 g/mol. The van der Waals surface area contributed by atoms with Crippen LogP contribution < -0.4 is 15.5 Å². The maximum Gasteiger partial charge on any atom is 0.253 e. The molecule has 0 radical (unpaired) electrons. The minimum atomic E-state index is -0.0559. The number of carbonyl (C=O) groups excluding carboxylic acids is 2. The zero-order valence-electron chi connectivity index (χ0n) is 18.7. The van der Waals surface area contributed by atoms with Crippen molar-refractivity contribution in [2.45, 2.75) is 6.92 Å². The standard InChI is InChI=1S/C25H28N6O2/c1-19(32)26-13-14-27-23-11-12-28-24(29-23)21-9-5-6-10-22(21)30-15-17-31(18-16-30)25(33)20-7-3-2-4-8-20/h2-12H,13-18H2,1H3,(H,26,32)(H,27,28,29). The molecule has 0 spiro atoms. The van der Waals surface area contributed by atoms with Crippen molar-refractivity contribution in [1.29, 1.82) is 0 Å². The summed E-state index contributed by atoms with van der Waals surface area (Å²) in [6.45, 7) is 5.40. The first-order valence-corrected chi connectivity index (χ1v) is 11.1. The summed E-state index contributed by atoms with van der Waals surface area (Å²) in [5.41, 5.74) is 2.73. The fourth-order valence-corrected chi connectivity index (χ4v) is 3.87. The van der Waals surface area contributed by atoms with Crippen molar-refractivity contribution in [1.82, 2.24) is 20.2 Å². The van der Waals surface area contributed by atoms with Crippen LogP contribution in [0.5, 0.6) is 0 Å². The second kappa shape index (κ2) is 10.6. The second-order valence-electron chi connectivity index (χ2n) is 7.84. The van der Waals surface area contributed by atoms with E-state index in [1.54, 1.807) is 6.20 Å². The van der Waals surface area contributed by atoms with Crippen molar-refractivity contribution in [2.24, 2.45) is 0 Å². The summed E-state index contributed by atoms with van der Waals surface area (Å²) in [6.07, 6.45) is 1.73. The molecule has 0 unspecified atom stereocenters. The van der Waals surface area contributed by atoms with Crippen molar-refractivity contribution in [2.75, 3.05) is 49.5 Å². The van der Waals surface area contributed by atoms with E-state index in [4.69, 9.17) is 0 Å². The van der Waals surface area contributed by atoms with Crippen LogP contribution in [0, 0.1) is 0 Å². The normalized spacial score (nSPS) is 13.5. The molecule has 1 aromatic heterocycles. The highest BCUT2D eigenvalue weighted by molar-refractivity contribution is 5.94. The van der Waals surface area contributed by atoms with Crippen molar-refractivity contribution in [3.05, 3.63) is 72.4 Å². The number of nitrogens with one attached hydrogen (secondary N) is 2. The number of piperazine rings is 1. The molecule has 2 aromatic carbocycles. The Balaban J connectivity index is 1.44. The Hall–Kier alpha value is -3.94. The van der Waals surface area contributed by atoms with Crippen LogP contribution in [0.4, 0.5) is 11.5 Å². The van der Waals surface area contributed by atoms with Gasteiger partial charge < -0.3 is 20.4 Å². The number of para-hydroxylation sites is 1. The van der Waals surface area contributed by atoms with E-state index in [9.17, 15) is 9.59 Å². The Morgan fingerprint density at radius 2 is 1.64 bits per heavy atom. The molecule has 0 atom stereocenters. The summed E-state index contributed by atoms with van der Waals surface area (Å²) >= 11 is 0. The summed E-state index contributed by atoms with van der Waals surface area (Å²) in [7, 11) is 0. The van der Waals surface area contributed by atoms with Gasteiger partial charge >= 0.3 is 0 Å². The molecule has 0 saturated carbocycles. The lowest BCUT2D eigenvalue weighted by molar-refractivity contribution is -0.118. The molecule has 0 bridgehead atoms. The SMILES string of the molecule is CC(=O)NCCNc1ccnc(-c2ccccc2N2CCN(C(=O)c3ccccc3)CC2)n1. The molecule has 4 rings (SSSR count). The van der Waals surface area contributed by atoms with E-state index >= 15 is 0 Å². The van der Waals surface area contributed by atoms with Gasteiger partial charge in [0.2, 0.25) is 5.91 Å². The number of nitrogens with zero attached hydrogens (tertiary/aromatic N) is 4. The van der Waals surface area contributed by atoms with Crippen LogP contribution in [0.25, 0.3) is 11.4 Å². The maximum atomic E-state index is 12.8. The topological polar surface area (TPSA) is 90.5 Å². The quantitative estimate of drug-likeness (QED) is 0.545. The lowest BCUT2D eigenvalue weighted by atomic mass is 10.1. The molecule has 2 heterocycles. The van der Waals surface area contributed by atoms with Gasteiger partial charge in [0.05, 0.1) is 0 Å². The fourth-order valence-electron chi connectivity index (χ4n) is 3.87. The highest BCUT2D eigenvalue weighted by Gasteiger charge is 2.24. The van der Waals surface area contributed by atoms with Crippen molar-refractivity contribution < 1.29 is 9.59 Å². The van der Waals surface area contributed by atoms with E-state index in [0.29, 0.717) is 37.8 Å². The first kappa shape index (κ1) is 22.3. The van der Waals surface area contributed by atoms with Crippen molar-refractivity contribution in [3.8, 4) is 11.4 Å². The van der Waals surface area contributed by atoms with Gasteiger partial charge in [-0.05, 0) is 30.3 Å². The van der Waals surface area contributed by atoms with E-state index in [1.165, 1.54) is 6.92 Å². The minimum Gasteiger partial charge on any atom is -0.368 e. The lowest BCUT2D eigenvalue weighted by Crippen LogP contribution is -2.49. The molecule has 2 amide bonds. The van der Waals surface area contributed by atoms with Gasteiger partial charge in [0.15, 0.2) is 5.82 Å². The van der Waals surface area contributed by atoms with Crippen molar-refractivity contribution in [3.63, 3.8) is 0 Å². The number of amides is 2. The molecule has 8 heteroatoms. The van der Waals surface area contributed by atoms with Gasteiger partial charge in [-0.2, -0.15) is 0 Å². The highest BCUT2D eigenvalue weighted by atomic mass is 16.2. The van der Waals surface area contributed by atoms with Gasteiger partial charge in [0.1, 0.15) is 5.82 Å². The third-order valence-corrected chi connectivity index (χ3v) is 5.53.